The number of hydrogen-bond donors (Lipinski definition) is 1. The first-order valence-electron chi connectivity index (χ1n) is 2.55. The van der Waals surface area contributed by atoms with Gasteiger partial charge in [-0.2, -0.15) is 0 Å². The standard InChI is InChI=1S/C6H9NO/c1-3-6-4-5(2)7-8-6/h3,6-7H,1-2,4H2. The third-order valence-corrected chi connectivity index (χ3v) is 1.07. The Labute approximate surface area is 48.8 Å². The highest BCUT2D eigenvalue weighted by atomic mass is 16.7. The number of hydrogen-bond acceptors (Lipinski definition) is 2. The zero-order chi connectivity index (χ0) is 5.98. The van der Waals surface area contributed by atoms with E-state index < -0.39 is 0 Å². The molecular weight excluding hydrogens is 102 g/mol. The smallest absolute Gasteiger partial charge is 0.109 e. The van der Waals surface area contributed by atoms with Crippen LogP contribution in [0.2, 0.25) is 0 Å². The molecule has 2 heteroatoms. The van der Waals surface area contributed by atoms with E-state index in [1.807, 2.05) is 0 Å². The predicted molar refractivity (Wildman–Crippen MR) is 32.0 cm³/mol. The van der Waals surface area contributed by atoms with Crippen molar-refractivity contribution in [1.29, 1.82) is 0 Å². The van der Waals surface area contributed by atoms with E-state index in [1.54, 1.807) is 6.08 Å². The summed E-state index contributed by atoms with van der Waals surface area (Å²) in [4.78, 5) is 4.95. The van der Waals surface area contributed by atoms with E-state index in [4.69, 9.17) is 4.84 Å². The minimum absolute atomic E-state index is 0.127. The molecule has 1 aliphatic rings. The molecule has 0 bridgehead atoms. The van der Waals surface area contributed by atoms with Gasteiger partial charge in [-0.05, 0) is 0 Å². The molecule has 0 aromatic rings. The zero-order valence-corrected chi connectivity index (χ0v) is 4.68. The van der Waals surface area contributed by atoms with E-state index in [2.05, 4.69) is 18.6 Å². The Balaban J connectivity index is 2.43. The van der Waals surface area contributed by atoms with Crippen LogP contribution in [0.25, 0.3) is 0 Å². The fourth-order valence-electron chi connectivity index (χ4n) is 0.617. The third-order valence-electron chi connectivity index (χ3n) is 1.07. The number of rotatable bonds is 1. The Morgan fingerprint density at radius 1 is 1.88 bits per heavy atom. The fourth-order valence-corrected chi connectivity index (χ4v) is 0.617. The van der Waals surface area contributed by atoms with Crippen LogP contribution in [0.15, 0.2) is 24.9 Å². The van der Waals surface area contributed by atoms with E-state index in [-0.39, 0.29) is 6.10 Å². The number of nitrogens with one attached hydrogen (secondary N) is 1. The first-order valence-corrected chi connectivity index (χ1v) is 2.55. The molecule has 1 rings (SSSR count). The van der Waals surface area contributed by atoms with Gasteiger partial charge in [-0.1, -0.05) is 12.7 Å². The summed E-state index contributed by atoms with van der Waals surface area (Å²) >= 11 is 0. The van der Waals surface area contributed by atoms with Gasteiger partial charge in [0.2, 0.25) is 0 Å². The molecular formula is C6H9NO. The predicted octanol–water partition coefficient (Wildman–Crippen LogP) is 0.980. The summed E-state index contributed by atoms with van der Waals surface area (Å²) in [5.41, 5.74) is 3.58. The largest absolute Gasteiger partial charge is 0.271 e. The summed E-state index contributed by atoms with van der Waals surface area (Å²) in [5.74, 6) is 0. The highest BCUT2D eigenvalue weighted by Gasteiger charge is 2.13. The lowest BCUT2D eigenvalue weighted by atomic mass is 10.2. The molecule has 8 heavy (non-hydrogen) atoms. The molecule has 0 aromatic carbocycles. The molecule has 1 atom stereocenters. The fraction of sp³-hybridized carbons (Fsp3) is 0.333. The van der Waals surface area contributed by atoms with Crippen molar-refractivity contribution >= 4 is 0 Å². The van der Waals surface area contributed by atoms with Crippen LogP contribution in [0.4, 0.5) is 0 Å². The van der Waals surface area contributed by atoms with Gasteiger partial charge in [-0.25, -0.2) is 0 Å². The lowest BCUT2D eigenvalue weighted by molar-refractivity contribution is 0.0679. The van der Waals surface area contributed by atoms with Crippen molar-refractivity contribution in [1.82, 2.24) is 5.48 Å². The molecule has 0 aliphatic carbocycles. The van der Waals surface area contributed by atoms with E-state index >= 15 is 0 Å². The molecule has 1 N–H and O–H groups in total. The van der Waals surface area contributed by atoms with Crippen LogP contribution in [0.5, 0.6) is 0 Å². The maximum atomic E-state index is 4.95. The molecule has 0 aromatic heterocycles. The van der Waals surface area contributed by atoms with Gasteiger partial charge in [-0.15, -0.1) is 6.58 Å². The summed E-state index contributed by atoms with van der Waals surface area (Å²) in [7, 11) is 0. The van der Waals surface area contributed by atoms with Gasteiger partial charge < -0.3 is 0 Å². The van der Waals surface area contributed by atoms with Crippen molar-refractivity contribution in [2.24, 2.45) is 0 Å². The minimum Gasteiger partial charge on any atom is -0.271 e. The normalized spacial score (nSPS) is 27.5. The molecule has 1 unspecified atom stereocenters. The van der Waals surface area contributed by atoms with Crippen LogP contribution >= 0.6 is 0 Å². The molecule has 1 aliphatic heterocycles. The molecule has 1 saturated heterocycles. The molecule has 0 spiro atoms. The minimum atomic E-state index is 0.127. The molecule has 0 amide bonds. The first kappa shape index (κ1) is 5.38. The van der Waals surface area contributed by atoms with E-state index in [1.165, 1.54) is 0 Å². The van der Waals surface area contributed by atoms with E-state index in [0.29, 0.717) is 0 Å². The average molecular weight is 111 g/mol. The molecule has 0 saturated carbocycles. The highest BCUT2D eigenvalue weighted by molar-refractivity contribution is 5.00. The SMILES string of the molecule is C=CC1CC(=C)NO1. The van der Waals surface area contributed by atoms with Crippen molar-refractivity contribution in [2.45, 2.75) is 12.5 Å². The van der Waals surface area contributed by atoms with Crippen LogP contribution in [0, 0.1) is 0 Å². The summed E-state index contributed by atoms with van der Waals surface area (Å²) < 4.78 is 0. The van der Waals surface area contributed by atoms with Crippen molar-refractivity contribution in [3.63, 3.8) is 0 Å². The quantitative estimate of drug-likeness (QED) is 0.509. The summed E-state index contributed by atoms with van der Waals surface area (Å²) in [5, 5.41) is 0. The third kappa shape index (κ3) is 0.898. The van der Waals surface area contributed by atoms with Gasteiger partial charge in [-0.3, -0.25) is 10.3 Å². The zero-order valence-electron chi connectivity index (χ0n) is 4.68. The van der Waals surface area contributed by atoms with E-state index in [9.17, 15) is 0 Å². The molecule has 1 fully saturated rings. The molecule has 0 radical (unpaired) electrons. The van der Waals surface area contributed by atoms with Gasteiger partial charge in [0.15, 0.2) is 0 Å². The maximum absolute atomic E-state index is 4.95. The summed E-state index contributed by atoms with van der Waals surface area (Å²) in [6, 6.07) is 0. The lowest BCUT2D eigenvalue weighted by Gasteiger charge is -1.95. The summed E-state index contributed by atoms with van der Waals surface area (Å²) in [6.45, 7) is 7.24. The van der Waals surface area contributed by atoms with E-state index in [0.717, 1.165) is 12.1 Å². The van der Waals surface area contributed by atoms with Gasteiger partial charge in [0.1, 0.15) is 6.10 Å². The molecule has 44 valence electrons. The summed E-state index contributed by atoms with van der Waals surface area (Å²) in [6.07, 6.45) is 2.73. The maximum Gasteiger partial charge on any atom is 0.109 e. The van der Waals surface area contributed by atoms with Crippen LogP contribution in [-0.4, -0.2) is 6.10 Å². The Morgan fingerprint density at radius 3 is 2.88 bits per heavy atom. The second-order valence-electron chi connectivity index (χ2n) is 1.80. The van der Waals surface area contributed by atoms with Crippen molar-refractivity contribution in [3.05, 3.63) is 24.9 Å². The second-order valence-corrected chi connectivity index (χ2v) is 1.80. The average Bonchev–Trinajstić information content (AvgIpc) is 2.14. The first-order chi connectivity index (χ1) is 3.83. The van der Waals surface area contributed by atoms with Crippen LogP contribution in [0.1, 0.15) is 6.42 Å². The Bertz CT molecular complexity index is 120. The Kier molecular flexibility index (Phi) is 1.35. The molecule has 2 nitrogen and oxygen atoms in total. The van der Waals surface area contributed by atoms with Gasteiger partial charge in [0.25, 0.3) is 0 Å². The van der Waals surface area contributed by atoms with Crippen LogP contribution in [-0.2, 0) is 4.84 Å². The Morgan fingerprint density at radius 2 is 2.62 bits per heavy atom. The van der Waals surface area contributed by atoms with Crippen molar-refractivity contribution in [2.75, 3.05) is 0 Å². The second kappa shape index (κ2) is 2.01. The van der Waals surface area contributed by atoms with Crippen molar-refractivity contribution in [3.8, 4) is 0 Å². The van der Waals surface area contributed by atoms with Crippen molar-refractivity contribution < 1.29 is 4.84 Å². The van der Waals surface area contributed by atoms with Gasteiger partial charge in [0.05, 0.1) is 0 Å². The van der Waals surface area contributed by atoms with Gasteiger partial charge in [0, 0.05) is 12.1 Å². The number of hydroxylamine groups is 1. The molecule has 1 heterocycles. The van der Waals surface area contributed by atoms with Crippen LogP contribution < -0.4 is 5.48 Å². The van der Waals surface area contributed by atoms with Gasteiger partial charge >= 0.3 is 0 Å². The van der Waals surface area contributed by atoms with Crippen LogP contribution in [0.3, 0.4) is 0 Å². The highest BCUT2D eigenvalue weighted by Crippen LogP contribution is 2.11. The monoisotopic (exact) mass is 111 g/mol. The topological polar surface area (TPSA) is 21.3 Å². The lowest BCUT2D eigenvalue weighted by Crippen LogP contribution is -2.05. The Hall–Kier alpha value is -0.760.